The van der Waals surface area contributed by atoms with Gasteiger partial charge in [0.2, 0.25) is 5.12 Å². The first kappa shape index (κ1) is 22.3. The zero-order valence-electron chi connectivity index (χ0n) is 16.1. The number of guanidine groups is 1. The number of carbonyl (C=O) groups excluding carboxylic acids is 2. The van der Waals surface area contributed by atoms with Gasteiger partial charge < -0.3 is 21.5 Å². The lowest BCUT2D eigenvalue weighted by Gasteiger charge is -2.17. The molecule has 1 unspecified atom stereocenters. The molecule has 8 heteroatoms. The van der Waals surface area contributed by atoms with Crippen molar-refractivity contribution < 1.29 is 14.3 Å². The molecule has 2 aromatic rings. The lowest BCUT2D eigenvalue weighted by molar-refractivity contribution is -0.112. The van der Waals surface area contributed by atoms with Crippen LogP contribution in [0.4, 0.5) is 4.79 Å². The van der Waals surface area contributed by atoms with Crippen molar-refractivity contribution in [2.24, 2.45) is 16.5 Å². The Morgan fingerprint density at radius 2 is 1.62 bits per heavy atom. The van der Waals surface area contributed by atoms with Crippen molar-refractivity contribution in [1.82, 2.24) is 5.32 Å². The highest BCUT2D eigenvalue weighted by Gasteiger charge is 2.21. The Labute approximate surface area is 174 Å². The molecule has 0 aliphatic heterocycles. The summed E-state index contributed by atoms with van der Waals surface area (Å²) in [6.07, 6.45) is 0.339. The summed E-state index contributed by atoms with van der Waals surface area (Å²) in [4.78, 5) is 28.8. The molecule has 0 aliphatic rings. The van der Waals surface area contributed by atoms with E-state index >= 15 is 0 Å². The number of nitrogens with zero attached hydrogens (tertiary/aromatic N) is 1. The van der Waals surface area contributed by atoms with Crippen LogP contribution in [0.3, 0.4) is 0 Å². The summed E-state index contributed by atoms with van der Waals surface area (Å²) in [5, 5.41) is 2.54. The molecule has 7 nitrogen and oxygen atoms in total. The molecule has 2 rings (SSSR count). The Morgan fingerprint density at radius 1 is 1.00 bits per heavy atom. The van der Waals surface area contributed by atoms with Gasteiger partial charge in [-0.1, -0.05) is 72.4 Å². The molecule has 0 aromatic heterocycles. The molecule has 2 aromatic carbocycles. The van der Waals surface area contributed by atoms with E-state index in [1.54, 1.807) is 0 Å². The van der Waals surface area contributed by atoms with Gasteiger partial charge in [0.25, 0.3) is 0 Å². The maximum Gasteiger partial charge on any atom is 0.408 e. The third-order valence-electron chi connectivity index (χ3n) is 3.96. The molecule has 5 N–H and O–H groups in total. The number of ether oxygens (including phenoxy) is 1. The molecule has 0 radical (unpaired) electrons. The SMILES string of the molecule is NC(N)=NCCCC(NC(=O)OCc1ccccc1)C(=O)SCc1ccccc1. The monoisotopic (exact) mass is 414 g/mol. The Balaban J connectivity index is 1.88. The van der Waals surface area contributed by atoms with Crippen molar-refractivity contribution in [2.75, 3.05) is 6.54 Å². The highest BCUT2D eigenvalue weighted by molar-refractivity contribution is 8.13. The lowest BCUT2D eigenvalue weighted by Crippen LogP contribution is -2.40. The van der Waals surface area contributed by atoms with Crippen molar-refractivity contribution in [3.05, 3.63) is 71.8 Å². The van der Waals surface area contributed by atoms with Gasteiger partial charge in [-0.05, 0) is 24.0 Å². The van der Waals surface area contributed by atoms with Gasteiger partial charge in [-0.2, -0.15) is 0 Å². The summed E-state index contributed by atoms with van der Waals surface area (Å²) in [5.41, 5.74) is 12.6. The third kappa shape index (κ3) is 9.16. The quantitative estimate of drug-likeness (QED) is 0.312. The third-order valence-corrected chi connectivity index (χ3v) is 5.01. The van der Waals surface area contributed by atoms with Crippen LogP contribution in [0.25, 0.3) is 0 Å². The number of thioether (sulfide) groups is 1. The van der Waals surface area contributed by atoms with Crippen LogP contribution >= 0.6 is 11.8 Å². The van der Waals surface area contributed by atoms with Gasteiger partial charge in [0.05, 0.1) is 0 Å². The van der Waals surface area contributed by atoms with E-state index in [1.807, 2.05) is 60.7 Å². The molecule has 154 valence electrons. The van der Waals surface area contributed by atoms with Crippen molar-refractivity contribution in [3.8, 4) is 0 Å². The fraction of sp³-hybridized carbons (Fsp3) is 0.286. The summed E-state index contributed by atoms with van der Waals surface area (Å²) in [6, 6.07) is 18.3. The number of carbonyl (C=O) groups is 2. The van der Waals surface area contributed by atoms with E-state index in [0.29, 0.717) is 25.1 Å². The second-order valence-electron chi connectivity index (χ2n) is 6.30. The van der Waals surface area contributed by atoms with Crippen LogP contribution in [0.15, 0.2) is 65.7 Å². The van der Waals surface area contributed by atoms with Crippen molar-refractivity contribution in [1.29, 1.82) is 0 Å². The van der Waals surface area contributed by atoms with Crippen LogP contribution in [0.2, 0.25) is 0 Å². The van der Waals surface area contributed by atoms with Crippen LogP contribution in [0.5, 0.6) is 0 Å². The first-order chi connectivity index (χ1) is 14.0. The highest BCUT2D eigenvalue weighted by atomic mass is 32.2. The van der Waals surface area contributed by atoms with Crippen LogP contribution < -0.4 is 16.8 Å². The van der Waals surface area contributed by atoms with E-state index in [4.69, 9.17) is 16.2 Å². The van der Waals surface area contributed by atoms with Crippen LogP contribution in [0, 0.1) is 0 Å². The van der Waals surface area contributed by atoms with Crippen LogP contribution in [0.1, 0.15) is 24.0 Å². The van der Waals surface area contributed by atoms with Gasteiger partial charge in [-0.3, -0.25) is 9.79 Å². The number of amides is 1. The van der Waals surface area contributed by atoms with Gasteiger partial charge in [-0.15, -0.1) is 0 Å². The highest BCUT2D eigenvalue weighted by Crippen LogP contribution is 2.17. The summed E-state index contributed by atoms with van der Waals surface area (Å²) in [7, 11) is 0. The fourth-order valence-corrected chi connectivity index (χ4v) is 3.37. The molecule has 0 spiro atoms. The topological polar surface area (TPSA) is 120 Å². The normalized spacial score (nSPS) is 11.3. The molecule has 29 heavy (non-hydrogen) atoms. The van der Waals surface area contributed by atoms with E-state index in [-0.39, 0.29) is 17.7 Å². The van der Waals surface area contributed by atoms with E-state index in [1.165, 1.54) is 0 Å². The average Bonchev–Trinajstić information content (AvgIpc) is 2.74. The minimum Gasteiger partial charge on any atom is -0.445 e. The Hall–Kier alpha value is -3.00. The molecule has 0 aliphatic carbocycles. The Morgan fingerprint density at radius 3 is 2.24 bits per heavy atom. The minimum atomic E-state index is -0.679. The number of benzene rings is 2. The molecule has 0 bridgehead atoms. The molecule has 0 fully saturated rings. The van der Waals surface area contributed by atoms with Gasteiger partial charge in [0, 0.05) is 12.3 Å². The van der Waals surface area contributed by atoms with E-state index < -0.39 is 12.1 Å². The summed E-state index contributed by atoms with van der Waals surface area (Å²) in [5.74, 6) is 0.534. The molecule has 0 saturated carbocycles. The number of rotatable bonds is 10. The molecule has 0 saturated heterocycles. The summed E-state index contributed by atoms with van der Waals surface area (Å²) >= 11 is 1.16. The predicted octanol–water partition coefficient (Wildman–Crippen LogP) is 2.80. The molecular formula is C21H26N4O3S. The number of nitrogens with one attached hydrogen (secondary N) is 1. The predicted molar refractivity (Wildman–Crippen MR) is 116 cm³/mol. The van der Waals surface area contributed by atoms with Gasteiger partial charge in [-0.25, -0.2) is 4.79 Å². The largest absolute Gasteiger partial charge is 0.445 e. The zero-order chi connectivity index (χ0) is 20.9. The fourth-order valence-electron chi connectivity index (χ4n) is 2.49. The number of alkyl carbamates (subject to hydrolysis) is 1. The number of nitrogens with two attached hydrogens (primary N) is 2. The number of hydrogen-bond acceptors (Lipinski definition) is 5. The molecule has 1 amide bonds. The van der Waals surface area contributed by atoms with Crippen LogP contribution in [-0.4, -0.2) is 29.8 Å². The number of aliphatic imine (C=N–C) groups is 1. The Kier molecular flexibility index (Phi) is 9.57. The molecule has 0 heterocycles. The van der Waals surface area contributed by atoms with E-state index in [0.717, 1.165) is 22.9 Å². The standard InChI is InChI=1S/C21H26N4O3S/c22-20(23)24-13-7-12-18(19(26)29-15-17-10-5-2-6-11-17)25-21(27)28-14-16-8-3-1-4-9-16/h1-6,8-11,18H,7,12-15H2,(H,25,27)(H4,22,23,24). The van der Waals surface area contributed by atoms with Crippen molar-refractivity contribution in [3.63, 3.8) is 0 Å². The maximum absolute atomic E-state index is 12.7. The lowest BCUT2D eigenvalue weighted by atomic mass is 10.2. The Bertz CT molecular complexity index is 796. The van der Waals surface area contributed by atoms with E-state index in [9.17, 15) is 9.59 Å². The molecular weight excluding hydrogens is 388 g/mol. The van der Waals surface area contributed by atoms with Gasteiger partial charge in [0.15, 0.2) is 5.96 Å². The summed E-state index contributed by atoms with van der Waals surface area (Å²) in [6.45, 7) is 0.523. The maximum atomic E-state index is 12.7. The molecule has 1 atom stereocenters. The average molecular weight is 415 g/mol. The second kappa shape index (κ2) is 12.5. The van der Waals surface area contributed by atoms with Crippen molar-refractivity contribution >= 4 is 28.9 Å². The first-order valence-electron chi connectivity index (χ1n) is 9.28. The second-order valence-corrected chi connectivity index (χ2v) is 7.28. The van der Waals surface area contributed by atoms with Crippen molar-refractivity contribution in [2.45, 2.75) is 31.2 Å². The summed E-state index contributed by atoms with van der Waals surface area (Å²) < 4.78 is 5.24. The number of hydrogen-bond donors (Lipinski definition) is 3. The zero-order valence-corrected chi connectivity index (χ0v) is 16.9. The van der Waals surface area contributed by atoms with E-state index in [2.05, 4.69) is 10.3 Å². The minimum absolute atomic E-state index is 0.00144. The van der Waals surface area contributed by atoms with Gasteiger partial charge in [0.1, 0.15) is 12.6 Å². The van der Waals surface area contributed by atoms with Crippen LogP contribution in [-0.2, 0) is 21.9 Å². The first-order valence-corrected chi connectivity index (χ1v) is 10.3. The van der Waals surface area contributed by atoms with Gasteiger partial charge >= 0.3 is 6.09 Å². The smallest absolute Gasteiger partial charge is 0.408 e.